The van der Waals surface area contributed by atoms with Crippen molar-refractivity contribution in [2.45, 2.75) is 181 Å². The monoisotopic (exact) mass is 1280 g/mol. The average molecular weight is 1280 g/mol. The number of hydrogen-bond acceptors (Lipinski definition) is 16. The zero-order chi connectivity index (χ0) is 69.3. The Labute approximate surface area is 535 Å². The second-order valence-corrected chi connectivity index (χ2v) is 24.2. The van der Waals surface area contributed by atoms with Crippen molar-refractivity contribution in [3.63, 3.8) is 0 Å². The van der Waals surface area contributed by atoms with Gasteiger partial charge >= 0.3 is 12.1 Å². The van der Waals surface area contributed by atoms with Gasteiger partial charge in [0, 0.05) is 61.3 Å². The van der Waals surface area contributed by atoms with Crippen LogP contribution in [0.4, 0.5) is 10.5 Å². The predicted octanol–water partition coefficient (Wildman–Crippen LogP) is 2.62. The number of benzene rings is 2. The number of likely N-dealkylation sites (tertiary alicyclic amines) is 1. The van der Waals surface area contributed by atoms with Crippen molar-refractivity contribution in [1.29, 1.82) is 0 Å². The maximum Gasteiger partial charge on any atom is 0.410 e. The average Bonchev–Trinajstić information content (AvgIpc) is 1.42. The topological polar surface area (TPSA) is 370 Å². The zero-order valence-electron chi connectivity index (χ0n) is 56.1. The highest BCUT2D eigenvalue weighted by Crippen LogP contribution is 2.30. The first kappa shape index (κ1) is 75.7. The Kier molecular flexibility index (Phi) is 31.8. The van der Waals surface area contributed by atoms with Crippen LogP contribution in [0.25, 0.3) is 0 Å². The molecule has 10 amide bonds. The number of likely N-dealkylation sites (N-methyl/N-ethyl adjacent to an activating group) is 2. The lowest BCUT2D eigenvalue weighted by atomic mass is 9.89. The maximum atomic E-state index is 14.8. The first-order valence-corrected chi connectivity index (χ1v) is 31.0. The molecule has 1 unspecified atom stereocenters. The molecular formula is C64H100N10O17. The number of carbonyl (C=O) groups excluding carboxylic acids is 10. The van der Waals surface area contributed by atoms with E-state index in [2.05, 4.69) is 37.2 Å². The summed E-state index contributed by atoms with van der Waals surface area (Å²) in [5.41, 5.74) is 1.40. The number of nitrogens with zero attached hydrogens (tertiary/aromatic N) is 3. The number of rotatable bonds is 37. The fourth-order valence-electron chi connectivity index (χ4n) is 10.9. The number of amides is 10. The van der Waals surface area contributed by atoms with Crippen molar-refractivity contribution in [2.75, 3.05) is 59.9 Å². The smallest absolute Gasteiger partial charge is 0.410 e. The van der Waals surface area contributed by atoms with E-state index in [4.69, 9.17) is 20.7 Å². The van der Waals surface area contributed by atoms with Gasteiger partial charge in [0.15, 0.2) is 0 Å². The third-order valence-corrected chi connectivity index (χ3v) is 16.3. The standard InChI is InChI=1S/C64H100N10O17/c1-15-39(8)56(47(89-13)32-51(79)74-31-19-22-46(74)58(90-14)40(9)59(83)67-41(10)57(82)43-20-17-16-18-21-43)72(11)63(87)54(37(4)5)71-62(86)55(38(6)7)73(12)64(88)91-35-42-23-25-44(26-24-42)68-60(84)45(34-75)69-61(85)53(36(2)3)70-49(77)29-30-65-50(78)33-66-48(76)27-28-52(80)81/h16-18,20-21,23-26,36-41,45-47,53-58,75,82H,15,19,22,27-35H2,1-14H3,(H,65,78)(H,66,76)(H,67,83)(H,68,84)(H,69,85)(H,70,77)(H,71,86)(H,80,81)/t39-,40+,41+,45-,46-,47+,53-,54-,55-,56-,57+,58+/m0/s1/i27T/t27?,39-,40+,41+,45-,46-,47+,53-,54-,55-,56-,57+,58+. The number of aliphatic hydroxyl groups excluding tert-OH is 2. The minimum Gasteiger partial charge on any atom is -0.481 e. The van der Waals surface area contributed by atoms with Gasteiger partial charge in [0.1, 0.15) is 30.8 Å². The van der Waals surface area contributed by atoms with E-state index >= 15 is 0 Å². The molecule has 0 bridgehead atoms. The van der Waals surface area contributed by atoms with Crippen molar-refractivity contribution in [3.8, 4) is 0 Å². The first-order chi connectivity index (χ1) is 43.3. The fourth-order valence-corrected chi connectivity index (χ4v) is 10.9. The van der Waals surface area contributed by atoms with Crippen LogP contribution in [-0.2, 0) is 68.8 Å². The highest BCUT2D eigenvalue weighted by molar-refractivity contribution is 5.99. The third kappa shape index (κ3) is 23.8. The summed E-state index contributed by atoms with van der Waals surface area (Å²) >= 11 is 0. The number of carbonyl (C=O) groups is 11. The summed E-state index contributed by atoms with van der Waals surface area (Å²) in [5.74, 6) is -9.15. The summed E-state index contributed by atoms with van der Waals surface area (Å²) < 4.78 is 25.1. The molecule has 0 spiro atoms. The van der Waals surface area contributed by atoms with Gasteiger partial charge in [-0.15, -0.1) is 0 Å². The molecule has 1 heterocycles. The van der Waals surface area contributed by atoms with E-state index in [1.54, 1.807) is 91.6 Å². The summed E-state index contributed by atoms with van der Waals surface area (Å²) in [7, 11) is 6.02. The van der Waals surface area contributed by atoms with E-state index in [0.717, 1.165) is 4.90 Å². The molecule has 3 rings (SSSR count). The van der Waals surface area contributed by atoms with Gasteiger partial charge < -0.3 is 76.5 Å². The lowest BCUT2D eigenvalue weighted by molar-refractivity contribution is -0.148. The maximum absolute atomic E-state index is 14.8. The lowest BCUT2D eigenvalue weighted by Crippen LogP contribution is -2.60. The Morgan fingerprint density at radius 1 is 0.714 bits per heavy atom. The van der Waals surface area contributed by atoms with Gasteiger partial charge in [-0.05, 0) is 66.7 Å². The van der Waals surface area contributed by atoms with Crippen LogP contribution in [0.1, 0.15) is 133 Å². The molecule has 1 fully saturated rings. The Morgan fingerprint density at radius 3 is 1.91 bits per heavy atom. The molecule has 1 saturated heterocycles. The van der Waals surface area contributed by atoms with Crippen LogP contribution in [-0.4, -0.2) is 204 Å². The van der Waals surface area contributed by atoms with E-state index in [1.165, 1.54) is 38.3 Å². The number of hydrogen-bond donors (Lipinski definition) is 10. The Bertz CT molecular complexity index is 2780. The van der Waals surface area contributed by atoms with Crippen LogP contribution in [0, 0.1) is 29.6 Å². The van der Waals surface area contributed by atoms with E-state index in [-0.39, 0.29) is 49.4 Å². The predicted molar refractivity (Wildman–Crippen MR) is 337 cm³/mol. The van der Waals surface area contributed by atoms with Crippen molar-refractivity contribution in [2.24, 2.45) is 29.6 Å². The largest absolute Gasteiger partial charge is 0.481 e. The fraction of sp³-hybridized carbons (Fsp3) is 0.641. The van der Waals surface area contributed by atoms with E-state index in [9.17, 15) is 63.0 Å². The molecule has 10 N–H and O–H groups in total. The van der Waals surface area contributed by atoms with Crippen LogP contribution in [0.3, 0.4) is 0 Å². The molecule has 0 aromatic heterocycles. The molecule has 13 atom stereocenters. The summed E-state index contributed by atoms with van der Waals surface area (Å²) in [6.07, 6.45) is -4.13. The number of aliphatic hydroxyl groups is 2. The van der Waals surface area contributed by atoms with Crippen LogP contribution >= 0.6 is 0 Å². The van der Waals surface area contributed by atoms with Crippen molar-refractivity contribution in [3.05, 3.63) is 65.7 Å². The van der Waals surface area contributed by atoms with E-state index in [1.807, 2.05) is 32.0 Å². The second-order valence-electron chi connectivity index (χ2n) is 24.2. The van der Waals surface area contributed by atoms with Crippen molar-refractivity contribution < 1.29 is 83.6 Å². The Hall–Kier alpha value is -7.75. The first-order valence-electron chi connectivity index (χ1n) is 31.6. The molecule has 1 aliphatic rings. The third-order valence-electron chi connectivity index (χ3n) is 16.3. The van der Waals surface area contributed by atoms with Gasteiger partial charge in [-0.3, -0.25) is 52.8 Å². The van der Waals surface area contributed by atoms with E-state index < -0.39 is 164 Å². The number of carboxylic acids is 1. The molecular weight excluding hydrogens is 1180 g/mol. The van der Waals surface area contributed by atoms with Crippen LogP contribution in [0.2, 0.25) is 0 Å². The van der Waals surface area contributed by atoms with Gasteiger partial charge in [-0.25, -0.2) is 4.79 Å². The van der Waals surface area contributed by atoms with Crippen molar-refractivity contribution in [1.82, 2.24) is 46.6 Å². The molecule has 2 aromatic rings. The quantitative estimate of drug-likeness (QED) is 0.0465. The lowest BCUT2D eigenvalue weighted by Gasteiger charge is -2.41. The van der Waals surface area contributed by atoms with Crippen molar-refractivity contribution >= 4 is 70.9 Å². The van der Waals surface area contributed by atoms with Crippen LogP contribution in [0.5, 0.6) is 0 Å². The molecule has 1 aliphatic heterocycles. The molecule has 508 valence electrons. The molecule has 0 aliphatic carbocycles. The SMILES string of the molecule is [3H]C(CC(=O)O)C(=O)NCC(=O)NCCC(=O)N[C@H](C(=O)N[C@@H](CO)C(=O)Nc1ccc(COC(=O)N(C)[C@H](C(=O)N[C@H](C(=O)N(C)[C@@H]([C@@H](C)CC)[C@@H](CC(=O)N2CCC[C@H]2[C@H](OC)[C@@H](C)C(=O)N[C@H](C)[C@@H](O)c2ccccc2)OC)C(C)C)C(C)C)cc1)C(C)C. The summed E-state index contributed by atoms with van der Waals surface area (Å²) in [6.45, 7) is 16.3. The normalized spacial score (nSPS) is 17.2. The van der Waals surface area contributed by atoms with Gasteiger partial charge in [-0.1, -0.05) is 111 Å². The molecule has 27 nitrogen and oxygen atoms in total. The zero-order valence-corrected chi connectivity index (χ0v) is 55.1. The van der Waals surface area contributed by atoms with Gasteiger partial charge in [0.2, 0.25) is 53.2 Å². The minimum atomic E-state index is -1.61. The number of aliphatic carboxylic acids is 1. The number of nitrogens with one attached hydrogen (secondary N) is 7. The summed E-state index contributed by atoms with van der Waals surface area (Å²) in [4.78, 5) is 149. The summed E-state index contributed by atoms with van der Waals surface area (Å²) in [6, 6.07) is 8.64. The minimum absolute atomic E-state index is 0.101. The summed E-state index contributed by atoms with van der Waals surface area (Å²) in [5, 5.41) is 47.7. The number of ether oxygens (including phenoxy) is 3. The highest BCUT2D eigenvalue weighted by Gasteiger charge is 2.44. The van der Waals surface area contributed by atoms with Gasteiger partial charge in [-0.2, -0.15) is 0 Å². The Morgan fingerprint density at radius 2 is 1.35 bits per heavy atom. The van der Waals surface area contributed by atoms with Gasteiger partial charge in [0.05, 0.1) is 68.3 Å². The second kappa shape index (κ2) is 38.2. The molecule has 2 aromatic carbocycles. The van der Waals surface area contributed by atoms with Gasteiger partial charge in [0.25, 0.3) is 0 Å². The molecule has 27 heteroatoms. The van der Waals surface area contributed by atoms with Crippen LogP contribution < -0.4 is 37.2 Å². The highest BCUT2D eigenvalue weighted by atomic mass is 16.6. The van der Waals surface area contributed by atoms with E-state index in [0.29, 0.717) is 36.9 Å². The van der Waals surface area contributed by atoms with Crippen LogP contribution in [0.15, 0.2) is 54.6 Å². The Balaban J connectivity index is 1.62. The number of methoxy groups -OCH3 is 2. The molecule has 0 radical (unpaired) electrons. The molecule has 91 heavy (non-hydrogen) atoms. The number of anilines is 1. The molecule has 0 saturated carbocycles. The number of carboxylic acid groups (broad SMARTS) is 1.